The summed E-state index contributed by atoms with van der Waals surface area (Å²) >= 11 is 3.24. The van der Waals surface area contributed by atoms with Gasteiger partial charge in [-0.1, -0.05) is 30.3 Å². The molecular weight excluding hydrogens is 295 g/mol. The SMILES string of the molecule is Cc1cccc(C)c1OCc1cccc(F)c1Br. The maximum absolute atomic E-state index is 13.4. The van der Waals surface area contributed by atoms with Crippen LogP contribution in [0.25, 0.3) is 0 Å². The van der Waals surface area contributed by atoms with Crippen molar-refractivity contribution in [3.63, 3.8) is 0 Å². The molecule has 1 nitrogen and oxygen atoms in total. The molecule has 0 aliphatic carbocycles. The molecule has 0 aromatic heterocycles. The number of benzene rings is 2. The van der Waals surface area contributed by atoms with E-state index in [1.165, 1.54) is 6.07 Å². The van der Waals surface area contributed by atoms with Gasteiger partial charge in [-0.05, 0) is 47.0 Å². The van der Waals surface area contributed by atoms with Crippen molar-refractivity contribution in [1.82, 2.24) is 0 Å². The molecule has 0 heterocycles. The summed E-state index contributed by atoms with van der Waals surface area (Å²) < 4.78 is 19.6. The second kappa shape index (κ2) is 5.53. The molecule has 0 fully saturated rings. The molecule has 0 saturated carbocycles. The highest BCUT2D eigenvalue weighted by molar-refractivity contribution is 9.10. The van der Waals surface area contributed by atoms with Crippen molar-refractivity contribution in [3.8, 4) is 5.75 Å². The minimum absolute atomic E-state index is 0.266. The van der Waals surface area contributed by atoms with Crippen LogP contribution in [0.3, 0.4) is 0 Å². The lowest BCUT2D eigenvalue weighted by Crippen LogP contribution is -2.00. The number of para-hydroxylation sites is 1. The number of halogens is 2. The van der Waals surface area contributed by atoms with Crippen molar-refractivity contribution >= 4 is 15.9 Å². The molecule has 3 heteroatoms. The molecule has 0 aliphatic heterocycles. The highest BCUT2D eigenvalue weighted by atomic mass is 79.9. The van der Waals surface area contributed by atoms with Gasteiger partial charge in [0.2, 0.25) is 0 Å². The molecule has 0 unspecified atom stereocenters. The smallest absolute Gasteiger partial charge is 0.137 e. The van der Waals surface area contributed by atoms with Crippen molar-refractivity contribution in [2.45, 2.75) is 20.5 Å². The summed E-state index contributed by atoms with van der Waals surface area (Å²) in [4.78, 5) is 0. The minimum Gasteiger partial charge on any atom is -0.488 e. The van der Waals surface area contributed by atoms with Gasteiger partial charge in [0.1, 0.15) is 18.2 Å². The number of hydrogen-bond donors (Lipinski definition) is 0. The first-order valence-electron chi connectivity index (χ1n) is 5.71. The fourth-order valence-corrected chi connectivity index (χ4v) is 2.22. The zero-order valence-electron chi connectivity index (χ0n) is 10.3. The lowest BCUT2D eigenvalue weighted by molar-refractivity contribution is 0.300. The van der Waals surface area contributed by atoms with E-state index in [-0.39, 0.29) is 5.82 Å². The Labute approximate surface area is 115 Å². The van der Waals surface area contributed by atoms with Crippen molar-refractivity contribution in [1.29, 1.82) is 0 Å². The van der Waals surface area contributed by atoms with E-state index in [1.807, 2.05) is 38.1 Å². The number of ether oxygens (including phenoxy) is 1. The van der Waals surface area contributed by atoms with Crippen LogP contribution in [0.15, 0.2) is 40.9 Å². The van der Waals surface area contributed by atoms with Gasteiger partial charge in [0, 0.05) is 5.56 Å². The molecule has 2 aromatic rings. The van der Waals surface area contributed by atoms with Crippen LogP contribution in [0, 0.1) is 19.7 Å². The highest BCUT2D eigenvalue weighted by Crippen LogP contribution is 2.26. The average Bonchev–Trinajstić information content (AvgIpc) is 2.33. The zero-order chi connectivity index (χ0) is 13.1. The zero-order valence-corrected chi connectivity index (χ0v) is 11.9. The van der Waals surface area contributed by atoms with Crippen molar-refractivity contribution in [2.24, 2.45) is 0 Å². The van der Waals surface area contributed by atoms with E-state index in [4.69, 9.17) is 4.74 Å². The van der Waals surface area contributed by atoms with E-state index in [0.29, 0.717) is 11.1 Å². The standard InChI is InChI=1S/C15H14BrFO/c1-10-5-3-6-11(2)15(10)18-9-12-7-4-8-13(17)14(12)16/h3-8H,9H2,1-2H3. The second-order valence-corrected chi connectivity index (χ2v) is 5.02. The van der Waals surface area contributed by atoms with Crippen LogP contribution in [0.2, 0.25) is 0 Å². The van der Waals surface area contributed by atoms with Crippen LogP contribution >= 0.6 is 15.9 Å². The van der Waals surface area contributed by atoms with E-state index < -0.39 is 0 Å². The maximum Gasteiger partial charge on any atom is 0.137 e. The summed E-state index contributed by atoms with van der Waals surface area (Å²) in [5, 5.41) is 0. The average molecular weight is 309 g/mol. The van der Waals surface area contributed by atoms with Crippen molar-refractivity contribution in [3.05, 3.63) is 63.4 Å². The van der Waals surface area contributed by atoms with Gasteiger partial charge in [-0.25, -0.2) is 4.39 Å². The maximum atomic E-state index is 13.4. The van der Waals surface area contributed by atoms with Crippen LogP contribution in [0.5, 0.6) is 5.75 Å². The molecule has 2 rings (SSSR count). The van der Waals surface area contributed by atoms with Crippen molar-refractivity contribution < 1.29 is 9.13 Å². The molecule has 0 spiro atoms. The Hall–Kier alpha value is -1.35. The third-order valence-corrected chi connectivity index (χ3v) is 3.70. The van der Waals surface area contributed by atoms with E-state index >= 15 is 0 Å². The summed E-state index contributed by atoms with van der Waals surface area (Å²) in [6.07, 6.45) is 0. The van der Waals surface area contributed by atoms with Gasteiger partial charge in [-0.3, -0.25) is 0 Å². The van der Waals surface area contributed by atoms with Crippen LogP contribution in [0.1, 0.15) is 16.7 Å². The Kier molecular flexibility index (Phi) is 4.02. The summed E-state index contributed by atoms with van der Waals surface area (Å²) in [6, 6.07) is 11.0. The van der Waals surface area contributed by atoms with Crippen LogP contribution in [-0.4, -0.2) is 0 Å². The quantitative estimate of drug-likeness (QED) is 0.792. The first-order chi connectivity index (χ1) is 8.59. The van der Waals surface area contributed by atoms with Gasteiger partial charge in [0.15, 0.2) is 0 Å². The van der Waals surface area contributed by atoms with Crippen LogP contribution in [0.4, 0.5) is 4.39 Å². The predicted molar refractivity (Wildman–Crippen MR) is 74.3 cm³/mol. The van der Waals surface area contributed by atoms with Crippen molar-refractivity contribution in [2.75, 3.05) is 0 Å². The lowest BCUT2D eigenvalue weighted by Gasteiger charge is -2.12. The third kappa shape index (κ3) is 2.72. The number of rotatable bonds is 3. The molecule has 0 bridgehead atoms. The van der Waals surface area contributed by atoms with E-state index in [9.17, 15) is 4.39 Å². The van der Waals surface area contributed by atoms with E-state index in [1.54, 1.807) is 6.07 Å². The minimum atomic E-state index is -0.266. The number of aryl methyl sites for hydroxylation is 2. The molecule has 0 saturated heterocycles. The Morgan fingerprint density at radius 3 is 2.33 bits per heavy atom. The topological polar surface area (TPSA) is 9.23 Å². The summed E-state index contributed by atoms with van der Waals surface area (Å²) in [5.41, 5.74) is 2.97. The summed E-state index contributed by atoms with van der Waals surface area (Å²) in [6.45, 7) is 4.36. The first-order valence-corrected chi connectivity index (χ1v) is 6.51. The molecule has 0 N–H and O–H groups in total. The normalized spacial score (nSPS) is 10.4. The Morgan fingerprint density at radius 2 is 1.67 bits per heavy atom. The monoisotopic (exact) mass is 308 g/mol. The van der Waals surface area contributed by atoms with Gasteiger partial charge >= 0.3 is 0 Å². The van der Waals surface area contributed by atoms with Gasteiger partial charge in [0.05, 0.1) is 4.47 Å². The fourth-order valence-electron chi connectivity index (χ4n) is 1.84. The molecule has 2 aromatic carbocycles. The molecule has 0 atom stereocenters. The highest BCUT2D eigenvalue weighted by Gasteiger charge is 2.08. The van der Waals surface area contributed by atoms with Gasteiger partial charge in [-0.2, -0.15) is 0 Å². The first kappa shape index (κ1) is 13.1. The Bertz CT molecular complexity index is 546. The van der Waals surface area contributed by atoms with Gasteiger partial charge in [-0.15, -0.1) is 0 Å². The fraction of sp³-hybridized carbons (Fsp3) is 0.200. The van der Waals surface area contributed by atoms with Gasteiger partial charge < -0.3 is 4.74 Å². The Balaban J connectivity index is 2.19. The molecule has 0 amide bonds. The third-order valence-electron chi connectivity index (χ3n) is 2.81. The predicted octanol–water partition coefficient (Wildman–Crippen LogP) is 4.78. The lowest BCUT2D eigenvalue weighted by atomic mass is 10.1. The van der Waals surface area contributed by atoms with E-state index in [0.717, 1.165) is 22.4 Å². The Morgan fingerprint density at radius 1 is 1.06 bits per heavy atom. The largest absolute Gasteiger partial charge is 0.488 e. The number of hydrogen-bond acceptors (Lipinski definition) is 1. The molecular formula is C15H14BrFO. The van der Waals surface area contributed by atoms with Crippen LogP contribution < -0.4 is 4.74 Å². The van der Waals surface area contributed by atoms with Gasteiger partial charge in [0.25, 0.3) is 0 Å². The second-order valence-electron chi connectivity index (χ2n) is 4.22. The summed E-state index contributed by atoms with van der Waals surface area (Å²) in [7, 11) is 0. The summed E-state index contributed by atoms with van der Waals surface area (Å²) in [5.74, 6) is 0.603. The molecule has 0 aliphatic rings. The molecule has 94 valence electrons. The van der Waals surface area contributed by atoms with Crippen LogP contribution in [-0.2, 0) is 6.61 Å². The molecule has 18 heavy (non-hydrogen) atoms. The van der Waals surface area contributed by atoms with E-state index in [2.05, 4.69) is 15.9 Å². The molecule has 0 radical (unpaired) electrons.